The van der Waals surface area contributed by atoms with E-state index in [-0.39, 0.29) is 11.9 Å². The Hall–Kier alpha value is -0.290. The van der Waals surface area contributed by atoms with Crippen molar-refractivity contribution in [3.8, 4) is 0 Å². The summed E-state index contributed by atoms with van der Waals surface area (Å²) in [4.78, 5) is 0. The van der Waals surface area contributed by atoms with E-state index >= 15 is 0 Å². The summed E-state index contributed by atoms with van der Waals surface area (Å²) in [6.07, 6.45) is 2.94. The molecule has 2 nitrogen and oxygen atoms in total. The van der Waals surface area contributed by atoms with E-state index in [4.69, 9.17) is 17.4 Å². The van der Waals surface area contributed by atoms with Crippen LogP contribution in [-0.2, 0) is 6.42 Å². The van der Waals surface area contributed by atoms with Crippen molar-refractivity contribution in [2.75, 3.05) is 5.75 Å². The Morgan fingerprint density at radius 1 is 1.59 bits per heavy atom. The highest BCUT2D eigenvalue weighted by Gasteiger charge is 2.25. The molecule has 94 valence electrons. The van der Waals surface area contributed by atoms with Crippen molar-refractivity contribution in [1.29, 1.82) is 0 Å². The molecule has 2 atom stereocenters. The Labute approximate surface area is 110 Å². The monoisotopic (exact) mass is 274 g/mol. The molecule has 0 aliphatic carbocycles. The van der Waals surface area contributed by atoms with Gasteiger partial charge in [0.2, 0.25) is 0 Å². The van der Waals surface area contributed by atoms with Gasteiger partial charge in [-0.25, -0.2) is 4.39 Å². The molecule has 2 unspecified atom stereocenters. The number of benzene rings is 1. The Kier molecular flexibility index (Phi) is 4.68. The summed E-state index contributed by atoms with van der Waals surface area (Å²) in [5, 5.41) is 1.04. The third kappa shape index (κ3) is 3.35. The Balaban J connectivity index is 2.09. The van der Waals surface area contributed by atoms with Crippen LogP contribution in [0, 0.1) is 5.82 Å². The van der Waals surface area contributed by atoms with E-state index in [0.717, 1.165) is 6.42 Å². The summed E-state index contributed by atoms with van der Waals surface area (Å²) in [7, 11) is 0. The van der Waals surface area contributed by atoms with Crippen LogP contribution in [0.3, 0.4) is 0 Å². The summed E-state index contributed by atoms with van der Waals surface area (Å²) < 4.78 is 13.6. The summed E-state index contributed by atoms with van der Waals surface area (Å²) in [5.41, 5.74) is 3.44. The third-order valence-corrected chi connectivity index (χ3v) is 4.83. The molecule has 1 heterocycles. The van der Waals surface area contributed by atoms with Crippen molar-refractivity contribution in [2.24, 2.45) is 5.84 Å². The van der Waals surface area contributed by atoms with Gasteiger partial charge in [-0.15, -0.1) is 0 Å². The van der Waals surface area contributed by atoms with Crippen LogP contribution in [-0.4, -0.2) is 17.0 Å². The van der Waals surface area contributed by atoms with Gasteiger partial charge in [0, 0.05) is 16.3 Å². The molecule has 0 spiro atoms. The molecule has 0 aromatic heterocycles. The molecule has 1 aromatic carbocycles. The normalized spacial score (nSPS) is 21.7. The number of nitrogens with two attached hydrogens (primary N) is 1. The maximum atomic E-state index is 13.6. The molecule has 0 bridgehead atoms. The van der Waals surface area contributed by atoms with Gasteiger partial charge in [0.25, 0.3) is 0 Å². The number of thioether (sulfide) groups is 1. The Morgan fingerprint density at radius 3 is 3.06 bits per heavy atom. The molecule has 0 radical (unpaired) electrons. The fourth-order valence-corrected chi connectivity index (χ4v) is 3.73. The topological polar surface area (TPSA) is 38.0 Å². The van der Waals surface area contributed by atoms with Gasteiger partial charge in [0.15, 0.2) is 0 Å². The molecule has 0 amide bonds. The second-order valence-corrected chi connectivity index (χ2v) is 6.05. The average Bonchev–Trinajstić information content (AvgIpc) is 2.84. The summed E-state index contributed by atoms with van der Waals surface area (Å²) in [5.74, 6) is 6.53. The van der Waals surface area contributed by atoms with Crippen LogP contribution in [0.2, 0.25) is 5.02 Å². The summed E-state index contributed by atoms with van der Waals surface area (Å²) in [6.45, 7) is 0. The van der Waals surface area contributed by atoms with Gasteiger partial charge in [-0.1, -0.05) is 11.6 Å². The lowest BCUT2D eigenvalue weighted by atomic mass is 10.0. The van der Waals surface area contributed by atoms with Crippen molar-refractivity contribution in [2.45, 2.75) is 30.6 Å². The van der Waals surface area contributed by atoms with Crippen LogP contribution >= 0.6 is 23.4 Å². The largest absolute Gasteiger partial charge is 0.271 e. The molecule has 1 aliphatic heterocycles. The first kappa shape index (κ1) is 13.1. The molecule has 3 N–H and O–H groups in total. The first-order valence-electron chi connectivity index (χ1n) is 5.72. The highest BCUT2D eigenvalue weighted by molar-refractivity contribution is 8.00. The number of nitrogens with one attached hydrogen (secondary N) is 1. The van der Waals surface area contributed by atoms with Gasteiger partial charge < -0.3 is 0 Å². The van der Waals surface area contributed by atoms with Crippen LogP contribution in [0.15, 0.2) is 18.2 Å². The zero-order valence-electron chi connectivity index (χ0n) is 9.46. The van der Waals surface area contributed by atoms with Gasteiger partial charge in [-0.05, 0) is 48.8 Å². The predicted octanol–water partition coefficient (Wildman–Crippen LogP) is 2.75. The number of rotatable bonds is 4. The number of hydrazine groups is 1. The van der Waals surface area contributed by atoms with Gasteiger partial charge >= 0.3 is 0 Å². The fraction of sp³-hybridized carbons (Fsp3) is 0.500. The van der Waals surface area contributed by atoms with Gasteiger partial charge in [-0.2, -0.15) is 11.8 Å². The maximum absolute atomic E-state index is 13.6. The zero-order chi connectivity index (χ0) is 12.3. The highest BCUT2D eigenvalue weighted by atomic mass is 35.5. The predicted molar refractivity (Wildman–Crippen MR) is 71.7 cm³/mol. The molecule has 1 aromatic rings. The second-order valence-electron chi connectivity index (χ2n) is 4.26. The summed E-state index contributed by atoms with van der Waals surface area (Å²) >= 11 is 7.79. The third-order valence-electron chi connectivity index (χ3n) is 3.08. The van der Waals surface area contributed by atoms with Crippen LogP contribution in [0.25, 0.3) is 0 Å². The van der Waals surface area contributed by atoms with E-state index in [1.807, 2.05) is 11.8 Å². The van der Waals surface area contributed by atoms with Crippen molar-refractivity contribution in [3.05, 3.63) is 34.6 Å². The molecule has 1 aliphatic rings. The van der Waals surface area contributed by atoms with Crippen molar-refractivity contribution < 1.29 is 4.39 Å². The molecular weight excluding hydrogens is 259 g/mol. The lowest BCUT2D eigenvalue weighted by Crippen LogP contribution is -2.43. The number of hydrogen-bond donors (Lipinski definition) is 2. The molecule has 2 rings (SSSR count). The van der Waals surface area contributed by atoms with E-state index in [9.17, 15) is 4.39 Å². The smallest absolute Gasteiger partial charge is 0.126 e. The van der Waals surface area contributed by atoms with Crippen molar-refractivity contribution >= 4 is 23.4 Å². The van der Waals surface area contributed by atoms with Crippen molar-refractivity contribution in [3.63, 3.8) is 0 Å². The van der Waals surface area contributed by atoms with E-state index in [1.165, 1.54) is 18.2 Å². The van der Waals surface area contributed by atoms with Crippen molar-refractivity contribution in [1.82, 2.24) is 5.43 Å². The first-order valence-corrected chi connectivity index (χ1v) is 7.15. The standard InChI is InChI=1S/C12H16ClFN2S/c13-9-3-4-10(14)8(6-9)7-11(16-15)12-2-1-5-17-12/h3-4,6,11-12,16H,1-2,5,7,15H2. The lowest BCUT2D eigenvalue weighted by molar-refractivity contribution is 0.484. The molecule has 1 saturated heterocycles. The minimum atomic E-state index is -0.211. The fourth-order valence-electron chi connectivity index (χ4n) is 2.15. The molecule has 5 heteroatoms. The highest BCUT2D eigenvalue weighted by Crippen LogP contribution is 2.30. The minimum Gasteiger partial charge on any atom is -0.271 e. The maximum Gasteiger partial charge on any atom is 0.126 e. The lowest BCUT2D eigenvalue weighted by Gasteiger charge is -2.22. The van der Waals surface area contributed by atoms with Gasteiger partial charge in [-0.3, -0.25) is 11.3 Å². The van der Waals surface area contributed by atoms with Crippen LogP contribution in [0.1, 0.15) is 18.4 Å². The van der Waals surface area contributed by atoms with Crippen LogP contribution in [0.5, 0.6) is 0 Å². The minimum absolute atomic E-state index is 0.107. The second kappa shape index (κ2) is 6.05. The van der Waals surface area contributed by atoms with Crippen LogP contribution < -0.4 is 11.3 Å². The molecule has 0 saturated carbocycles. The van der Waals surface area contributed by atoms with E-state index < -0.39 is 0 Å². The zero-order valence-corrected chi connectivity index (χ0v) is 11.0. The first-order chi connectivity index (χ1) is 8.20. The van der Waals surface area contributed by atoms with Gasteiger partial charge in [0.1, 0.15) is 5.82 Å². The molecular formula is C12H16ClFN2S. The molecule has 1 fully saturated rings. The molecule has 17 heavy (non-hydrogen) atoms. The number of halogens is 2. The summed E-state index contributed by atoms with van der Waals surface area (Å²) in [6, 6.07) is 4.76. The van der Waals surface area contributed by atoms with Gasteiger partial charge in [0.05, 0.1) is 0 Å². The number of hydrogen-bond acceptors (Lipinski definition) is 3. The quantitative estimate of drug-likeness (QED) is 0.655. The Bertz CT molecular complexity index is 383. The van der Waals surface area contributed by atoms with E-state index in [0.29, 0.717) is 22.3 Å². The SMILES string of the molecule is NNC(Cc1cc(Cl)ccc1F)C1CCCS1. The van der Waals surface area contributed by atoms with E-state index in [2.05, 4.69) is 5.43 Å². The van der Waals surface area contributed by atoms with Crippen LogP contribution in [0.4, 0.5) is 4.39 Å². The Morgan fingerprint density at radius 2 is 2.41 bits per heavy atom. The average molecular weight is 275 g/mol. The van der Waals surface area contributed by atoms with E-state index in [1.54, 1.807) is 12.1 Å².